The van der Waals surface area contributed by atoms with E-state index in [1.807, 2.05) is 48.5 Å². The number of benzene rings is 2. The van der Waals surface area contributed by atoms with Gasteiger partial charge in [-0.3, -0.25) is 4.98 Å². The maximum absolute atomic E-state index is 6.06. The minimum Gasteiger partial charge on any atom is -0.493 e. The first-order valence-electron chi connectivity index (χ1n) is 10.4. The SMILES string of the molecule is N/C(=C\N(N)CCCCCCOc1ccccc1-c1ccccc1)c1cccnc1. The van der Waals surface area contributed by atoms with Crippen LogP contribution in [0.4, 0.5) is 0 Å². The van der Waals surface area contributed by atoms with E-state index in [0.29, 0.717) is 12.3 Å². The van der Waals surface area contributed by atoms with Crippen LogP contribution >= 0.6 is 0 Å². The Morgan fingerprint density at radius 3 is 2.47 bits per heavy atom. The highest BCUT2D eigenvalue weighted by molar-refractivity contribution is 5.70. The average Bonchev–Trinajstić information content (AvgIpc) is 2.80. The Morgan fingerprint density at radius 1 is 0.900 bits per heavy atom. The average molecular weight is 403 g/mol. The topological polar surface area (TPSA) is 77.4 Å². The number of para-hydroxylation sites is 1. The molecule has 30 heavy (non-hydrogen) atoms. The van der Waals surface area contributed by atoms with Gasteiger partial charge in [0.2, 0.25) is 0 Å². The Balaban J connectivity index is 1.35. The van der Waals surface area contributed by atoms with Gasteiger partial charge in [-0.2, -0.15) is 0 Å². The zero-order valence-corrected chi connectivity index (χ0v) is 17.3. The maximum atomic E-state index is 6.06. The van der Waals surface area contributed by atoms with Gasteiger partial charge in [0.15, 0.2) is 0 Å². The van der Waals surface area contributed by atoms with Crippen LogP contribution < -0.4 is 16.3 Å². The van der Waals surface area contributed by atoms with E-state index >= 15 is 0 Å². The van der Waals surface area contributed by atoms with Gasteiger partial charge in [0.1, 0.15) is 5.75 Å². The molecule has 5 nitrogen and oxygen atoms in total. The summed E-state index contributed by atoms with van der Waals surface area (Å²) < 4.78 is 6.05. The molecule has 3 rings (SSSR count). The summed E-state index contributed by atoms with van der Waals surface area (Å²) in [7, 11) is 0. The lowest BCUT2D eigenvalue weighted by Gasteiger charge is -2.15. The van der Waals surface area contributed by atoms with Crippen molar-refractivity contribution in [2.75, 3.05) is 13.2 Å². The molecule has 0 spiro atoms. The number of pyridine rings is 1. The molecule has 0 saturated carbocycles. The van der Waals surface area contributed by atoms with Crippen LogP contribution in [-0.2, 0) is 0 Å². The molecule has 0 radical (unpaired) electrons. The monoisotopic (exact) mass is 402 g/mol. The molecular formula is C25H30N4O. The highest BCUT2D eigenvalue weighted by Gasteiger charge is 2.05. The lowest BCUT2D eigenvalue weighted by molar-refractivity contribution is 0.302. The van der Waals surface area contributed by atoms with Crippen molar-refractivity contribution in [2.45, 2.75) is 25.7 Å². The van der Waals surface area contributed by atoms with Crippen LogP contribution in [0.5, 0.6) is 5.75 Å². The molecule has 0 atom stereocenters. The molecule has 3 aromatic rings. The van der Waals surface area contributed by atoms with E-state index in [9.17, 15) is 0 Å². The van der Waals surface area contributed by atoms with E-state index in [1.165, 1.54) is 5.56 Å². The van der Waals surface area contributed by atoms with Gasteiger partial charge in [-0.1, -0.05) is 61.4 Å². The van der Waals surface area contributed by atoms with E-state index in [0.717, 1.165) is 49.1 Å². The fourth-order valence-electron chi connectivity index (χ4n) is 3.23. The number of hydrazine groups is 1. The summed E-state index contributed by atoms with van der Waals surface area (Å²) in [6, 6.07) is 22.3. The number of aromatic nitrogens is 1. The Kier molecular flexibility index (Phi) is 8.30. The quantitative estimate of drug-likeness (QED) is 0.273. The first-order valence-corrected chi connectivity index (χ1v) is 10.4. The first kappa shape index (κ1) is 21.4. The fourth-order valence-corrected chi connectivity index (χ4v) is 3.23. The lowest BCUT2D eigenvalue weighted by atomic mass is 10.1. The van der Waals surface area contributed by atoms with E-state index in [2.05, 4.69) is 23.2 Å². The van der Waals surface area contributed by atoms with Crippen LogP contribution in [0.25, 0.3) is 16.8 Å². The number of hydrogen-bond donors (Lipinski definition) is 2. The molecule has 0 bridgehead atoms. The second-order valence-electron chi connectivity index (χ2n) is 7.19. The van der Waals surface area contributed by atoms with E-state index in [1.54, 1.807) is 23.6 Å². The largest absolute Gasteiger partial charge is 0.493 e. The smallest absolute Gasteiger partial charge is 0.127 e. The van der Waals surface area contributed by atoms with Crippen LogP contribution in [0.1, 0.15) is 31.2 Å². The normalized spacial score (nSPS) is 11.3. The summed E-state index contributed by atoms with van der Waals surface area (Å²) in [5, 5.41) is 1.65. The van der Waals surface area contributed by atoms with E-state index in [4.69, 9.17) is 16.3 Å². The number of nitrogens with two attached hydrogens (primary N) is 2. The fraction of sp³-hybridized carbons (Fsp3) is 0.240. The number of rotatable bonds is 11. The molecule has 0 aliphatic heterocycles. The molecule has 0 fully saturated rings. The molecule has 0 unspecified atom stereocenters. The molecule has 1 aromatic heterocycles. The van der Waals surface area contributed by atoms with Crippen molar-refractivity contribution in [1.82, 2.24) is 9.99 Å². The minimum atomic E-state index is 0.621. The van der Waals surface area contributed by atoms with Gasteiger partial charge >= 0.3 is 0 Å². The summed E-state index contributed by atoms with van der Waals surface area (Å²) in [6.07, 6.45) is 9.44. The van der Waals surface area contributed by atoms with Crippen LogP contribution in [-0.4, -0.2) is 23.1 Å². The van der Waals surface area contributed by atoms with Crippen molar-refractivity contribution in [3.05, 3.63) is 90.9 Å². The molecule has 0 saturated heterocycles. The van der Waals surface area contributed by atoms with Crippen molar-refractivity contribution in [2.24, 2.45) is 11.6 Å². The summed E-state index contributed by atoms with van der Waals surface area (Å²) in [6.45, 7) is 1.47. The summed E-state index contributed by atoms with van der Waals surface area (Å²) in [5.74, 6) is 6.97. The minimum absolute atomic E-state index is 0.621. The molecule has 1 heterocycles. The summed E-state index contributed by atoms with van der Waals surface area (Å²) in [5.41, 5.74) is 9.87. The lowest BCUT2D eigenvalue weighted by Crippen LogP contribution is -2.27. The number of nitrogens with zero attached hydrogens (tertiary/aromatic N) is 2. The Bertz CT molecular complexity index is 913. The second-order valence-corrected chi connectivity index (χ2v) is 7.19. The molecule has 0 aliphatic carbocycles. The third kappa shape index (κ3) is 6.64. The van der Waals surface area contributed by atoms with Gasteiger partial charge in [-0.25, -0.2) is 5.84 Å². The van der Waals surface area contributed by atoms with E-state index < -0.39 is 0 Å². The van der Waals surface area contributed by atoms with Crippen molar-refractivity contribution >= 4 is 5.70 Å². The molecule has 4 N–H and O–H groups in total. The van der Waals surface area contributed by atoms with Crippen molar-refractivity contribution < 1.29 is 4.74 Å². The maximum Gasteiger partial charge on any atom is 0.127 e. The molecular weight excluding hydrogens is 372 g/mol. The van der Waals surface area contributed by atoms with Crippen LogP contribution in [0.15, 0.2) is 85.3 Å². The van der Waals surface area contributed by atoms with Crippen molar-refractivity contribution in [3.8, 4) is 16.9 Å². The highest BCUT2D eigenvalue weighted by atomic mass is 16.5. The Hall–Kier alpha value is -3.31. The highest BCUT2D eigenvalue weighted by Crippen LogP contribution is 2.29. The molecule has 0 aliphatic rings. The van der Waals surface area contributed by atoms with Crippen LogP contribution in [0, 0.1) is 0 Å². The van der Waals surface area contributed by atoms with Crippen molar-refractivity contribution in [3.63, 3.8) is 0 Å². The van der Waals surface area contributed by atoms with Gasteiger partial charge in [0.25, 0.3) is 0 Å². The van der Waals surface area contributed by atoms with Gasteiger partial charge < -0.3 is 15.5 Å². The molecule has 2 aromatic carbocycles. The third-order valence-electron chi connectivity index (χ3n) is 4.84. The molecule has 156 valence electrons. The predicted molar refractivity (Wildman–Crippen MR) is 123 cm³/mol. The van der Waals surface area contributed by atoms with Gasteiger partial charge in [0, 0.05) is 36.3 Å². The standard InChI is InChI=1S/C25H30N4O/c26-24(22-13-10-16-28-19-22)20-29(27)17-8-1-2-9-18-30-25-15-7-6-14-23(25)21-11-4-3-5-12-21/h3-7,10-16,19-20H,1-2,8-9,17-18,26-27H2/b24-20-. The van der Waals surface area contributed by atoms with Crippen molar-refractivity contribution in [1.29, 1.82) is 0 Å². The number of ether oxygens (including phenoxy) is 1. The van der Waals surface area contributed by atoms with Gasteiger partial charge in [-0.05, 0) is 36.6 Å². The Morgan fingerprint density at radius 2 is 1.67 bits per heavy atom. The third-order valence-corrected chi connectivity index (χ3v) is 4.84. The van der Waals surface area contributed by atoms with E-state index in [-0.39, 0.29) is 0 Å². The Labute approximate surface area is 179 Å². The second kappa shape index (κ2) is 11.6. The number of unbranched alkanes of at least 4 members (excludes halogenated alkanes) is 3. The summed E-state index contributed by atoms with van der Waals surface area (Å²) >= 11 is 0. The van der Waals surface area contributed by atoms with Crippen LogP contribution in [0.2, 0.25) is 0 Å². The van der Waals surface area contributed by atoms with Gasteiger partial charge in [0.05, 0.1) is 12.3 Å². The predicted octanol–water partition coefficient (Wildman–Crippen LogP) is 4.82. The first-order chi connectivity index (χ1) is 14.7. The molecule has 5 heteroatoms. The van der Waals surface area contributed by atoms with Gasteiger partial charge in [-0.15, -0.1) is 0 Å². The zero-order chi connectivity index (χ0) is 21.0. The summed E-state index contributed by atoms with van der Waals surface area (Å²) in [4.78, 5) is 4.07. The zero-order valence-electron chi connectivity index (χ0n) is 17.3. The number of hydrogen-bond acceptors (Lipinski definition) is 5. The van der Waals surface area contributed by atoms with Crippen LogP contribution in [0.3, 0.4) is 0 Å². The molecule has 0 amide bonds.